The fourth-order valence-corrected chi connectivity index (χ4v) is 2.87. The molecule has 3 rings (SSSR count). The molecule has 0 aliphatic carbocycles. The Labute approximate surface area is 140 Å². The summed E-state index contributed by atoms with van der Waals surface area (Å²) in [6.07, 6.45) is 7.35. The van der Waals surface area contributed by atoms with Crippen molar-refractivity contribution in [2.24, 2.45) is 0 Å². The minimum Gasteiger partial charge on any atom is -0.351 e. The van der Waals surface area contributed by atoms with Gasteiger partial charge in [-0.15, -0.1) is 0 Å². The Kier molecular flexibility index (Phi) is 4.83. The molecule has 8 nitrogen and oxygen atoms in total. The minimum absolute atomic E-state index is 0.0947. The van der Waals surface area contributed by atoms with Crippen LogP contribution in [0.5, 0.6) is 0 Å². The van der Waals surface area contributed by atoms with Crippen LogP contribution in [0.2, 0.25) is 0 Å². The summed E-state index contributed by atoms with van der Waals surface area (Å²) in [4.78, 5) is 25.7. The molecule has 1 N–H and O–H groups in total. The quantitative estimate of drug-likeness (QED) is 0.679. The monoisotopic (exact) mass is 328 g/mol. The molecule has 0 aromatic carbocycles. The molecule has 1 aliphatic heterocycles. The van der Waals surface area contributed by atoms with Gasteiger partial charge >= 0.3 is 5.69 Å². The lowest BCUT2D eigenvalue weighted by Crippen LogP contribution is -2.26. The standard InChI is InChI=1S/C16H20N6O2/c1-12-6-7-17-13(10-12)20-15-14(22(23)24)16(19-11-18-15)21-8-4-2-3-5-9-21/h6-7,10-11H,2-5,8-9H2,1H3,(H,17,18,19,20). The summed E-state index contributed by atoms with van der Waals surface area (Å²) in [6, 6.07) is 3.68. The number of aryl methyl sites for hydroxylation is 1. The van der Waals surface area contributed by atoms with Crippen LogP contribution in [0.1, 0.15) is 31.2 Å². The van der Waals surface area contributed by atoms with Crippen LogP contribution in [0.4, 0.5) is 23.1 Å². The van der Waals surface area contributed by atoms with Gasteiger partial charge in [0.25, 0.3) is 0 Å². The molecule has 0 saturated carbocycles. The zero-order valence-corrected chi connectivity index (χ0v) is 13.6. The molecule has 2 aromatic rings. The van der Waals surface area contributed by atoms with Gasteiger partial charge in [-0.1, -0.05) is 12.8 Å². The van der Waals surface area contributed by atoms with Crippen LogP contribution in [-0.2, 0) is 0 Å². The van der Waals surface area contributed by atoms with Crippen LogP contribution in [0, 0.1) is 17.0 Å². The second kappa shape index (κ2) is 7.20. The molecule has 1 saturated heterocycles. The molecule has 126 valence electrons. The molecule has 1 fully saturated rings. The number of nitrogens with zero attached hydrogens (tertiary/aromatic N) is 5. The molecule has 3 heterocycles. The largest absolute Gasteiger partial charge is 0.353 e. The molecule has 0 amide bonds. The SMILES string of the molecule is Cc1ccnc(Nc2ncnc(N3CCCCCC3)c2[N+](=O)[O-])c1. The first-order valence-corrected chi connectivity index (χ1v) is 8.09. The van der Waals surface area contributed by atoms with Gasteiger partial charge in [0.05, 0.1) is 4.92 Å². The Morgan fingerprint density at radius 1 is 1.17 bits per heavy atom. The molecule has 8 heteroatoms. The van der Waals surface area contributed by atoms with Crippen LogP contribution < -0.4 is 10.2 Å². The van der Waals surface area contributed by atoms with Crippen LogP contribution in [0.15, 0.2) is 24.7 Å². The topological polar surface area (TPSA) is 97.1 Å². The summed E-state index contributed by atoms with van der Waals surface area (Å²) in [6.45, 7) is 3.49. The third-order valence-corrected chi connectivity index (χ3v) is 4.05. The zero-order chi connectivity index (χ0) is 16.9. The summed E-state index contributed by atoms with van der Waals surface area (Å²) in [5.41, 5.74) is 0.916. The van der Waals surface area contributed by atoms with Crippen molar-refractivity contribution in [2.45, 2.75) is 32.6 Å². The molecule has 0 bridgehead atoms. The smallest absolute Gasteiger partial charge is 0.351 e. The Morgan fingerprint density at radius 2 is 1.92 bits per heavy atom. The number of nitro groups is 1. The summed E-state index contributed by atoms with van der Waals surface area (Å²) >= 11 is 0. The van der Waals surface area contributed by atoms with Gasteiger partial charge in [-0.05, 0) is 37.5 Å². The molecular formula is C16H20N6O2. The van der Waals surface area contributed by atoms with Crippen molar-refractivity contribution in [1.82, 2.24) is 15.0 Å². The molecule has 1 aliphatic rings. The molecule has 0 atom stereocenters. The van der Waals surface area contributed by atoms with E-state index < -0.39 is 4.92 Å². The van der Waals surface area contributed by atoms with E-state index in [-0.39, 0.29) is 11.5 Å². The Morgan fingerprint density at radius 3 is 2.58 bits per heavy atom. The van der Waals surface area contributed by atoms with Gasteiger partial charge in [0.2, 0.25) is 11.6 Å². The third-order valence-electron chi connectivity index (χ3n) is 4.05. The fraction of sp³-hybridized carbons (Fsp3) is 0.438. The minimum atomic E-state index is -0.418. The zero-order valence-electron chi connectivity index (χ0n) is 13.6. The average molecular weight is 328 g/mol. The van der Waals surface area contributed by atoms with Crippen LogP contribution in [0.3, 0.4) is 0 Å². The fourth-order valence-electron chi connectivity index (χ4n) is 2.87. The highest BCUT2D eigenvalue weighted by Gasteiger charge is 2.27. The summed E-state index contributed by atoms with van der Waals surface area (Å²) in [5, 5.41) is 14.6. The first-order chi connectivity index (χ1) is 11.6. The van der Waals surface area contributed by atoms with Crippen LogP contribution in [0.25, 0.3) is 0 Å². The van der Waals surface area contributed by atoms with Crippen molar-refractivity contribution in [1.29, 1.82) is 0 Å². The summed E-state index contributed by atoms with van der Waals surface area (Å²) in [5.74, 6) is 1.08. The van der Waals surface area contributed by atoms with Gasteiger partial charge in [-0.3, -0.25) is 10.1 Å². The van der Waals surface area contributed by atoms with Gasteiger partial charge in [-0.2, -0.15) is 0 Å². The number of nitrogens with one attached hydrogen (secondary N) is 1. The van der Waals surface area contributed by atoms with E-state index in [2.05, 4.69) is 20.3 Å². The first-order valence-electron chi connectivity index (χ1n) is 8.09. The third kappa shape index (κ3) is 3.58. The maximum Gasteiger partial charge on any atom is 0.353 e. The Bertz CT molecular complexity index is 728. The van der Waals surface area contributed by atoms with E-state index in [1.54, 1.807) is 6.20 Å². The molecule has 0 spiro atoms. The van der Waals surface area contributed by atoms with E-state index in [0.29, 0.717) is 11.6 Å². The van der Waals surface area contributed by atoms with E-state index in [1.165, 1.54) is 6.33 Å². The van der Waals surface area contributed by atoms with Crippen molar-refractivity contribution in [2.75, 3.05) is 23.3 Å². The first kappa shape index (κ1) is 16.1. The van der Waals surface area contributed by atoms with E-state index in [0.717, 1.165) is 44.3 Å². The van der Waals surface area contributed by atoms with Crippen molar-refractivity contribution >= 4 is 23.1 Å². The van der Waals surface area contributed by atoms with Gasteiger partial charge in [0.1, 0.15) is 12.1 Å². The van der Waals surface area contributed by atoms with Crippen LogP contribution in [-0.4, -0.2) is 33.0 Å². The molecule has 24 heavy (non-hydrogen) atoms. The normalized spacial score (nSPS) is 15.0. The number of pyridine rings is 1. The van der Waals surface area contributed by atoms with Gasteiger partial charge in [-0.25, -0.2) is 15.0 Å². The lowest BCUT2D eigenvalue weighted by Gasteiger charge is -2.21. The predicted octanol–water partition coefficient (Wildman–Crippen LogP) is 3.21. The summed E-state index contributed by atoms with van der Waals surface area (Å²) < 4.78 is 0. The predicted molar refractivity (Wildman–Crippen MR) is 91.6 cm³/mol. The maximum absolute atomic E-state index is 11.7. The van der Waals surface area contributed by atoms with E-state index in [4.69, 9.17) is 0 Å². The lowest BCUT2D eigenvalue weighted by atomic mass is 10.2. The Balaban J connectivity index is 1.97. The number of aromatic nitrogens is 3. The molecular weight excluding hydrogens is 308 g/mol. The highest BCUT2D eigenvalue weighted by atomic mass is 16.6. The molecule has 0 unspecified atom stereocenters. The highest BCUT2D eigenvalue weighted by molar-refractivity contribution is 5.73. The van der Waals surface area contributed by atoms with Gasteiger partial charge in [0, 0.05) is 19.3 Å². The maximum atomic E-state index is 11.7. The number of rotatable bonds is 4. The molecule has 2 aromatic heterocycles. The molecule has 0 radical (unpaired) electrons. The van der Waals surface area contributed by atoms with Crippen molar-refractivity contribution in [3.05, 3.63) is 40.3 Å². The van der Waals surface area contributed by atoms with E-state index in [1.807, 2.05) is 24.0 Å². The highest BCUT2D eigenvalue weighted by Crippen LogP contribution is 2.34. The Hall–Kier alpha value is -2.77. The number of anilines is 3. The average Bonchev–Trinajstić information content (AvgIpc) is 2.83. The van der Waals surface area contributed by atoms with Gasteiger partial charge in [0.15, 0.2) is 0 Å². The van der Waals surface area contributed by atoms with Crippen molar-refractivity contribution in [3.63, 3.8) is 0 Å². The van der Waals surface area contributed by atoms with Gasteiger partial charge < -0.3 is 10.2 Å². The number of hydrogen-bond donors (Lipinski definition) is 1. The van der Waals surface area contributed by atoms with Crippen molar-refractivity contribution in [3.8, 4) is 0 Å². The summed E-state index contributed by atoms with van der Waals surface area (Å²) in [7, 11) is 0. The number of hydrogen-bond acceptors (Lipinski definition) is 7. The lowest BCUT2D eigenvalue weighted by molar-refractivity contribution is -0.383. The van der Waals surface area contributed by atoms with E-state index in [9.17, 15) is 10.1 Å². The van der Waals surface area contributed by atoms with Crippen LogP contribution >= 0.6 is 0 Å². The van der Waals surface area contributed by atoms with Crippen molar-refractivity contribution < 1.29 is 4.92 Å². The second-order valence-electron chi connectivity index (χ2n) is 5.90. The van der Waals surface area contributed by atoms with E-state index >= 15 is 0 Å². The second-order valence-corrected chi connectivity index (χ2v) is 5.90.